The standard InChI is InChI=1S/C13H18N6/c1-2-5-19-6-4-9(10(19)3-1)18-13-11-12(15-7-14-11)16-8-17-13/h7-10H,1-6H2,(H2,14,15,16,17,18). The Morgan fingerprint density at radius 2 is 2.16 bits per heavy atom. The Morgan fingerprint density at radius 3 is 3.16 bits per heavy atom. The van der Waals surface area contributed by atoms with Crippen molar-refractivity contribution in [2.45, 2.75) is 37.8 Å². The Morgan fingerprint density at radius 1 is 1.16 bits per heavy atom. The summed E-state index contributed by atoms with van der Waals surface area (Å²) in [5, 5.41) is 3.61. The molecule has 4 heterocycles. The van der Waals surface area contributed by atoms with Crippen LogP contribution >= 0.6 is 0 Å². The van der Waals surface area contributed by atoms with Gasteiger partial charge in [0.25, 0.3) is 0 Å². The number of anilines is 1. The second kappa shape index (κ2) is 4.45. The molecule has 2 aliphatic heterocycles. The molecule has 0 aromatic carbocycles. The molecule has 4 rings (SSSR count). The zero-order chi connectivity index (χ0) is 12.7. The third kappa shape index (κ3) is 1.87. The normalized spacial score (nSPS) is 27.6. The SMILES string of the molecule is c1nc(NC2CCN3CCCCC23)c2[nH]cnc2n1. The molecule has 0 saturated carbocycles. The van der Waals surface area contributed by atoms with Crippen molar-refractivity contribution < 1.29 is 0 Å². The smallest absolute Gasteiger partial charge is 0.182 e. The lowest BCUT2D eigenvalue weighted by atomic mass is 9.99. The molecule has 2 atom stereocenters. The summed E-state index contributed by atoms with van der Waals surface area (Å²) in [6.07, 6.45) is 8.45. The first-order valence-corrected chi connectivity index (χ1v) is 7.06. The van der Waals surface area contributed by atoms with E-state index in [0.717, 1.165) is 17.0 Å². The molecule has 100 valence electrons. The first kappa shape index (κ1) is 11.2. The molecule has 2 unspecified atom stereocenters. The van der Waals surface area contributed by atoms with Gasteiger partial charge in [0.15, 0.2) is 11.5 Å². The second-order valence-electron chi connectivity index (χ2n) is 5.46. The van der Waals surface area contributed by atoms with Crippen LogP contribution in [0.15, 0.2) is 12.7 Å². The highest BCUT2D eigenvalue weighted by Crippen LogP contribution is 2.29. The van der Waals surface area contributed by atoms with Gasteiger partial charge in [0, 0.05) is 18.6 Å². The lowest BCUT2D eigenvalue weighted by Crippen LogP contribution is -2.41. The summed E-state index contributed by atoms with van der Waals surface area (Å²) in [6, 6.07) is 1.17. The Labute approximate surface area is 111 Å². The minimum atomic E-state index is 0.502. The van der Waals surface area contributed by atoms with E-state index in [2.05, 4.69) is 30.2 Å². The fourth-order valence-corrected chi connectivity index (χ4v) is 3.47. The highest BCUT2D eigenvalue weighted by Gasteiger charge is 2.35. The van der Waals surface area contributed by atoms with E-state index in [1.54, 1.807) is 12.7 Å². The number of nitrogens with zero attached hydrogens (tertiary/aromatic N) is 4. The van der Waals surface area contributed by atoms with Gasteiger partial charge in [-0.15, -0.1) is 0 Å². The summed E-state index contributed by atoms with van der Waals surface area (Å²) >= 11 is 0. The monoisotopic (exact) mass is 258 g/mol. The van der Waals surface area contributed by atoms with Crippen LogP contribution in [0.2, 0.25) is 0 Å². The Hall–Kier alpha value is -1.69. The van der Waals surface area contributed by atoms with E-state index in [1.165, 1.54) is 38.8 Å². The molecule has 0 bridgehead atoms. The third-order valence-electron chi connectivity index (χ3n) is 4.40. The number of H-pyrrole nitrogens is 1. The number of piperidine rings is 1. The quantitative estimate of drug-likeness (QED) is 0.852. The zero-order valence-electron chi connectivity index (χ0n) is 10.8. The average Bonchev–Trinajstić information content (AvgIpc) is 3.06. The summed E-state index contributed by atoms with van der Waals surface area (Å²) in [6.45, 7) is 2.46. The molecular formula is C13H18N6. The van der Waals surface area contributed by atoms with Crippen LogP contribution in [0.5, 0.6) is 0 Å². The molecule has 2 aliphatic rings. The molecule has 0 aliphatic carbocycles. The fraction of sp³-hybridized carbons (Fsp3) is 0.615. The maximum Gasteiger partial charge on any atom is 0.182 e. The summed E-state index contributed by atoms with van der Waals surface area (Å²) < 4.78 is 0. The first-order valence-electron chi connectivity index (χ1n) is 7.06. The molecule has 2 N–H and O–H groups in total. The van der Waals surface area contributed by atoms with E-state index in [4.69, 9.17) is 0 Å². The predicted octanol–water partition coefficient (Wildman–Crippen LogP) is 1.39. The topological polar surface area (TPSA) is 69.7 Å². The Bertz CT molecular complexity index is 579. The van der Waals surface area contributed by atoms with Crippen molar-refractivity contribution in [2.24, 2.45) is 0 Å². The van der Waals surface area contributed by atoms with Gasteiger partial charge in [-0.05, 0) is 25.8 Å². The molecule has 0 spiro atoms. The molecule has 6 heteroatoms. The highest BCUT2D eigenvalue weighted by molar-refractivity contribution is 5.82. The van der Waals surface area contributed by atoms with Crippen LogP contribution in [0.1, 0.15) is 25.7 Å². The molecule has 2 fully saturated rings. The number of hydrogen-bond donors (Lipinski definition) is 2. The number of aromatic nitrogens is 4. The van der Waals surface area contributed by atoms with Crippen molar-refractivity contribution in [3.05, 3.63) is 12.7 Å². The van der Waals surface area contributed by atoms with Crippen molar-refractivity contribution in [2.75, 3.05) is 18.4 Å². The molecule has 2 saturated heterocycles. The van der Waals surface area contributed by atoms with Crippen LogP contribution in [-0.2, 0) is 0 Å². The van der Waals surface area contributed by atoms with E-state index in [1.807, 2.05) is 0 Å². The Kier molecular flexibility index (Phi) is 2.61. The summed E-state index contributed by atoms with van der Waals surface area (Å²) in [7, 11) is 0. The van der Waals surface area contributed by atoms with Gasteiger partial charge >= 0.3 is 0 Å². The first-order chi connectivity index (χ1) is 9.42. The maximum atomic E-state index is 4.37. The van der Waals surface area contributed by atoms with Crippen LogP contribution in [-0.4, -0.2) is 50.0 Å². The largest absolute Gasteiger partial charge is 0.364 e. The molecule has 19 heavy (non-hydrogen) atoms. The van der Waals surface area contributed by atoms with Crippen molar-refractivity contribution in [1.82, 2.24) is 24.8 Å². The molecule has 0 radical (unpaired) electrons. The molecule has 0 amide bonds. The van der Waals surface area contributed by atoms with E-state index >= 15 is 0 Å². The number of hydrogen-bond acceptors (Lipinski definition) is 5. The molecule has 2 aromatic heterocycles. The van der Waals surface area contributed by atoms with E-state index in [0.29, 0.717) is 12.1 Å². The van der Waals surface area contributed by atoms with Gasteiger partial charge in [-0.2, -0.15) is 0 Å². The predicted molar refractivity (Wildman–Crippen MR) is 72.9 cm³/mol. The fourth-order valence-electron chi connectivity index (χ4n) is 3.47. The average molecular weight is 258 g/mol. The molecule has 6 nitrogen and oxygen atoms in total. The molecule has 2 aromatic rings. The van der Waals surface area contributed by atoms with Crippen LogP contribution in [0, 0.1) is 0 Å². The number of rotatable bonds is 2. The Balaban J connectivity index is 1.59. The van der Waals surface area contributed by atoms with Crippen LogP contribution in [0.25, 0.3) is 11.2 Å². The lowest BCUT2D eigenvalue weighted by molar-refractivity contribution is 0.192. The van der Waals surface area contributed by atoms with Gasteiger partial charge in [0.05, 0.1) is 6.33 Å². The van der Waals surface area contributed by atoms with E-state index in [9.17, 15) is 0 Å². The van der Waals surface area contributed by atoms with Crippen molar-refractivity contribution in [3.8, 4) is 0 Å². The second-order valence-corrected chi connectivity index (χ2v) is 5.46. The van der Waals surface area contributed by atoms with Crippen molar-refractivity contribution >= 4 is 17.0 Å². The number of nitrogens with one attached hydrogen (secondary N) is 2. The zero-order valence-corrected chi connectivity index (χ0v) is 10.8. The van der Waals surface area contributed by atoms with E-state index in [-0.39, 0.29) is 0 Å². The number of imidazole rings is 1. The van der Waals surface area contributed by atoms with Crippen molar-refractivity contribution in [3.63, 3.8) is 0 Å². The molecular weight excluding hydrogens is 240 g/mol. The number of aromatic amines is 1. The number of fused-ring (bicyclic) bond motifs is 2. The minimum Gasteiger partial charge on any atom is -0.364 e. The van der Waals surface area contributed by atoms with Gasteiger partial charge in [-0.25, -0.2) is 15.0 Å². The summed E-state index contributed by atoms with van der Waals surface area (Å²) in [4.78, 5) is 18.4. The minimum absolute atomic E-state index is 0.502. The summed E-state index contributed by atoms with van der Waals surface area (Å²) in [5.74, 6) is 0.889. The van der Waals surface area contributed by atoms with Gasteiger partial charge in [0.2, 0.25) is 0 Å². The van der Waals surface area contributed by atoms with Gasteiger partial charge in [-0.1, -0.05) is 6.42 Å². The van der Waals surface area contributed by atoms with Gasteiger partial charge < -0.3 is 10.3 Å². The van der Waals surface area contributed by atoms with Crippen LogP contribution in [0.3, 0.4) is 0 Å². The maximum absolute atomic E-state index is 4.37. The van der Waals surface area contributed by atoms with Gasteiger partial charge in [0.1, 0.15) is 11.8 Å². The third-order valence-corrected chi connectivity index (χ3v) is 4.40. The van der Waals surface area contributed by atoms with Crippen molar-refractivity contribution in [1.29, 1.82) is 0 Å². The van der Waals surface area contributed by atoms with E-state index < -0.39 is 0 Å². The van der Waals surface area contributed by atoms with Crippen LogP contribution in [0.4, 0.5) is 5.82 Å². The highest BCUT2D eigenvalue weighted by atomic mass is 15.2. The summed E-state index contributed by atoms with van der Waals surface area (Å²) in [5.41, 5.74) is 1.65. The lowest BCUT2D eigenvalue weighted by Gasteiger charge is -2.32. The van der Waals surface area contributed by atoms with Crippen LogP contribution < -0.4 is 5.32 Å². The van der Waals surface area contributed by atoms with Gasteiger partial charge in [-0.3, -0.25) is 4.90 Å².